The summed E-state index contributed by atoms with van der Waals surface area (Å²) in [5, 5.41) is 9.00. The number of rotatable bonds is 1. The Morgan fingerprint density at radius 1 is 1.40 bits per heavy atom. The normalized spacial score (nSPS) is 25.3. The van der Waals surface area contributed by atoms with Gasteiger partial charge in [0, 0.05) is 19.1 Å². The van der Waals surface area contributed by atoms with Gasteiger partial charge in [0.25, 0.3) is 0 Å². The van der Waals surface area contributed by atoms with Gasteiger partial charge in [-0.2, -0.15) is 5.26 Å². The number of anilines is 1. The fourth-order valence-corrected chi connectivity index (χ4v) is 2.03. The number of nitrogens with zero attached hydrogens (tertiary/aromatic N) is 2. The van der Waals surface area contributed by atoms with Crippen LogP contribution in [0, 0.1) is 17.2 Å². The van der Waals surface area contributed by atoms with E-state index in [1.807, 2.05) is 24.3 Å². The van der Waals surface area contributed by atoms with Gasteiger partial charge in [-0.3, -0.25) is 0 Å². The summed E-state index contributed by atoms with van der Waals surface area (Å²) in [7, 11) is 0. The summed E-state index contributed by atoms with van der Waals surface area (Å²) in [5.41, 5.74) is 7.72. The summed E-state index contributed by atoms with van der Waals surface area (Å²) in [6.07, 6.45) is 0. The van der Waals surface area contributed by atoms with Crippen molar-refractivity contribution >= 4 is 5.69 Å². The first-order valence-electron chi connectivity index (χ1n) is 5.22. The molecular formula is C12H15N3. The summed E-state index contributed by atoms with van der Waals surface area (Å²) in [5.74, 6) is 0.497. The minimum atomic E-state index is 0.219. The fraction of sp³-hybridized carbons (Fsp3) is 0.417. The summed E-state index contributed by atoms with van der Waals surface area (Å²) in [6.45, 7) is 3.94. The maximum atomic E-state index is 9.00. The molecule has 1 heterocycles. The molecule has 1 aromatic rings. The molecule has 0 spiro atoms. The van der Waals surface area contributed by atoms with Crippen molar-refractivity contribution in [3.05, 3.63) is 29.8 Å². The van der Waals surface area contributed by atoms with Crippen molar-refractivity contribution < 1.29 is 0 Å². The molecule has 2 rings (SSSR count). The van der Waals surface area contributed by atoms with Gasteiger partial charge in [0.05, 0.1) is 11.3 Å². The van der Waals surface area contributed by atoms with Crippen LogP contribution in [0.15, 0.2) is 24.3 Å². The van der Waals surface area contributed by atoms with Crippen molar-refractivity contribution in [3.8, 4) is 6.07 Å². The molecule has 0 bridgehead atoms. The molecule has 1 aliphatic heterocycles. The zero-order valence-electron chi connectivity index (χ0n) is 8.85. The molecule has 1 saturated heterocycles. The molecule has 0 aliphatic carbocycles. The van der Waals surface area contributed by atoms with Crippen molar-refractivity contribution in [2.45, 2.75) is 13.0 Å². The first-order valence-corrected chi connectivity index (χ1v) is 5.22. The predicted molar refractivity (Wildman–Crippen MR) is 60.5 cm³/mol. The smallest absolute Gasteiger partial charge is 0.101 e. The number of hydrogen-bond acceptors (Lipinski definition) is 3. The van der Waals surface area contributed by atoms with Crippen molar-refractivity contribution in [1.29, 1.82) is 5.26 Å². The Morgan fingerprint density at radius 2 is 2.13 bits per heavy atom. The zero-order chi connectivity index (χ0) is 10.8. The first kappa shape index (κ1) is 10.0. The van der Waals surface area contributed by atoms with E-state index >= 15 is 0 Å². The maximum Gasteiger partial charge on any atom is 0.101 e. The van der Waals surface area contributed by atoms with Crippen LogP contribution in [0.1, 0.15) is 12.5 Å². The third-order valence-electron chi connectivity index (χ3n) is 3.04. The predicted octanol–water partition coefficient (Wildman–Crippen LogP) is 1.34. The lowest BCUT2D eigenvalue weighted by Crippen LogP contribution is -2.28. The van der Waals surface area contributed by atoms with Crippen LogP contribution in [0.5, 0.6) is 0 Å². The molecule has 78 valence electrons. The molecule has 3 heteroatoms. The monoisotopic (exact) mass is 201 g/mol. The van der Waals surface area contributed by atoms with Gasteiger partial charge in [-0.15, -0.1) is 0 Å². The fourth-order valence-electron chi connectivity index (χ4n) is 2.03. The second-order valence-electron chi connectivity index (χ2n) is 4.18. The van der Waals surface area contributed by atoms with E-state index in [2.05, 4.69) is 17.9 Å². The van der Waals surface area contributed by atoms with E-state index < -0.39 is 0 Å². The number of hydrogen-bond donors (Lipinski definition) is 1. The minimum absolute atomic E-state index is 0.219. The van der Waals surface area contributed by atoms with Crippen LogP contribution in [0.3, 0.4) is 0 Å². The second kappa shape index (κ2) is 3.92. The summed E-state index contributed by atoms with van der Waals surface area (Å²) in [4.78, 5) is 2.20. The van der Waals surface area contributed by atoms with Gasteiger partial charge in [0.1, 0.15) is 6.07 Å². The van der Waals surface area contributed by atoms with E-state index in [0.717, 1.165) is 24.3 Å². The van der Waals surface area contributed by atoms with Crippen molar-refractivity contribution in [1.82, 2.24) is 0 Å². The average molecular weight is 201 g/mol. The van der Waals surface area contributed by atoms with Crippen molar-refractivity contribution in [2.75, 3.05) is 18.0 Å². The Hall–Kier alpha value is -1.53. The van der Waals surface area contributed by atoms with Gasteiger partial charge in [0.15, 0.2) is 0 Å². The molecule has 2 atom stereocenters. The van der Waals surface area contributed by atoms with Gasteiger partial charge in [0.2, 0.25) is 0 Å². The van der Waals surface area contributed by atoms with E-state index in [-0.39, 0.29) is 6.04 Å². The highest BCUT2D eigenvalue weighted by Crippen LogP contribution is 2.25. The largest absolute Gasteiger partial charge is 0.369 e. The molecule has 1 aliphatic rings. The molecule has 0 saturated carbocycles. The van der Waals surface area contributed by atoms with Crippen LogP contribution in [0.25, 0.3) is 0 Å². The topological polar surface area (TPSA) is 53.0 Å². The molecule has 1 fully saturated rings. The molecule has 0 radical (unpaired) electrons. The zero-order valence-corrected chi connectivity index (χ0v) is 8.85. The standard InChI is InChI=1S/C12H15N3/c1-9-7-15(8-11(9)14)12-5-3-2-4-10(12)6-13/h2-5,9,11H,7-8,14H2,1H3. The molecule has 0 amide bonds. The van der Waals surface area contributed by atoms with Crippen LogP contribution in [-0.2, 0) is 0 Å². The Morgan fingerprint density at radius 3 is 2.73 bits per heavy atom. The average Bonchev–Trinajstić information content (AvgIpc) is 2.59. The Balaban J connectivity index is 2.28. The lowest BCUT2D eigenvalue weighted by molar-refractivity contribution is 0.566. The molecule has 2 unspecified atom stereocenters. The highest BCUT2D eigenvalue weighted by Gasteiger charge is 2.27. The quantitative estimate of drug-likeness (QED) is 0.746. The molecular weight excluding hydrogens is 186 g/mol. The van der Waals surface area contributed by atoms with Crippen LogP contribution in [-0.4, -0.2) is 19.1 Å². The van der Waals surface area contributed by atoms with Crippen LogP contribution < -0.4 is 10.6 Å². The van der Waals surface area contributed by atoms with Crippen LogP contribution >= 0.6 is 0 Å². The van der Waals surface area contributed by atoms with E-state index in [0.29, 0.717) is 5.92 Å². The minimum Gasteiger partial charge on any atom is -0.369 e. The molecule has 15 heavy (non-hydrogen) atoms. The number of para-hydroxylation sites is 1. The third-order valence-corrected chi connectivity index (χ3v) is 3.04. The Kier molecular flexibility index (Phi) is 2.61. The van der Waals surface area contributed by atoms with E-state index in [4.69, 9.17) is 11.0 Å². The molecule has 1 aromatic carbocycles. The van der Waals surface area contributed by atoms with Gasteiger partial charge in [-0.25, -0.2) is 0 Å². The van der Waals surface area contributed by atoms with Crippen molar-refractivity contribution in [2.24, 2.45) is 11.7 Å². The lowest BCUT2D eigenvalue weighted by Gasteiger charge is -2.19. The Bertz CT molecular complexity index is 384. The van der Waals surface area contributed by atoms with Crippen LogP contribution in [0.2, 0.25) is 0 Å². The maximum absolute atomic E-state index is 9.00. The van der Waals surface area contributed by atoms with Crippen molar-refractivity contribution in [3.63, 3.8) is 0 Å². The van der Waals surface area contributed by atoms with Gasteiger partial charge < -0.3 is 10.6 Å². The summed E-state index contributed by atoms with van der Waals surface area (Å²) >= 11 is 0. The highest BCUT2D eigenvalue weighted by molar-refractivity contribution is 5.60. The lowest BCUT2D eigenvalue weighted by atomic mass is 10.1. The number of nitriles is 1. The molecule has 3 nitrogen and oxygen atoms in total. The van der Waals surface area contributed by atoms with Gasteiger partial charge >= 0.3 is 0 Å². The molecule has 0 aromatic heterocycles. The highest BCUT2D eigenvalue weighted by atomic mass is 15.2. The SMILES string of the molecule is CC1CN(c2ccccc2C#N)CC1N. The first-order chi connectivity index (χ1) is 7.22. The van der Waals surface area contributed by atoms with Gasteiger partial charge in [-0.05, 0) is 18.1 Å². The van der Waals surface area contributed by atoms with E-state index in [1.54, 1.807) is 0 Å². The van der Waals surface area contributed by atoms with Gasteiger partial charge in [-0.1, -0.05) is 19.1 Å². The number of nitrogens with two attached hydrogens (primary N) is 1. The summed E-state index contributed by atoms with van der Waals surface area (Å²) < 4.78 is 0. The Labute approximate surface area is 90.1 Å². The third kappa shape index (κ3) is 1.81. The summed E-state index contributed by atoms with van der Waals surface area (Å²) in [6, 6.07) is 10.1. The van der Waals surface area contributed by atoms with E-state index in [9.17, 15) is 0 Å². The van der Waals surface area contributed by atoms with Crippen LogP contribution in [0.4, 0.5) is 5.69 Å². The van der Waals surface area contributed by atoms with E-state index in [1.165, 1.54) is 0 Å². The second-order valence-corrected chi connectivity index (χ2v) is 4.18. The number of benzene rings is 1. The molecule has 2 N–H and O–H groups in total.